The molecule has 1 saturated heterocycles. The minimum absolute atomic E-state index is 0.0589. The maximum Gasteiger partial charge on any atom is 0.433 e. The highest BCUT2D eigenvalue weighted by molar-refractivity contribution is 5.73. The number of hydroxylamine groups is 1. The predicted molar refractivity (Wildman–Crippen MR) is 111 cm³/mol. The number of rotatable bonds is 4. The summed E-state index contributed by atoms with van der Waals surface area (Å²) in [6.07, 6.45) is -3.68. The summed E-state index contributed by atoms with van der Waals surface area (Å²) in [6.45, 7) is 0. The van der Waals surface area contributed by atoms with Crippen molar-refractivity contribution in [2.75, 3.05) is 0 Å². The first-order chi connectivity index (χ1) is 16.3. The van der Waals surface area contributed by atoms with Crippen molar-refractivity contribution in [3.05, 3.63) is 84.2 Å². The number of furan rings is 1. The lowest BCUT2D eigenvalue weighted by Gasteiger charge is -2.13. The molecule has 34 heavy (non-hydrogen) atoms. The Balaban J connectivity index is 1.57. The van der Waals surface area contributed by atoms with Gasteiger partial charge in [-0.3, -0.25) is 5.32 Å². The van der Waals surface area contributed by atoms with Crippen LogP contribution in [-0.4, -0.2) is 16.1 Å². The van der Waals surface area contributed by atoms with Gasteiger partial charge in [0.2, 0.25) is 0 Å². The lowest BCUT2D eigenvalue weighted by atomic mass is 9.99. The van der Waals surface area contributed by atoms with E-state index in [1.807, 2.05) is 0 Å². The Bertz CT molecular complexity index is 1370. The maximum absolute atomic E-state index is 14.4. The SMILES string of the molecule is O=C1NC(c2cc(-c3cccc(-c4nc(-c5ccoc5)cc(C(F)(F)F)n4)c3)ccc2F)NO1. The molecular formula is C23H14F4N4O3. The van der Waals surface area contributed by atoms with Crippen molar-refractivity contribution in [1.82, 2.24) is 20.8 Å². The topological polar surface area (TPSA) is 89.3 Å². The fraction of sp³-hybridized carbons (Fsp3) is 0.0870. The molecule has 3 heterocycles. The van der Waals surface area contributed by atoms with Crippen LogP contribution in [0.3, 0.4) is 0 Å². The van der Waals surface area contributed by atoms with E-state index < -0.39 is 29.9 Å². The molecule has 1 aliphatic heterocycles. The van der Waals surface area contributed by atoms with Crippen LogP contribution in [-0.2, 0) is 11.0 Å². The van der Waals surface area contributed by atoms with Gasteiger partial charge in [-0.25, -0.2) is 19.2 Å². The van der Waals surface area contributed by atoms with Gasteiger partial charge < -0.3 is 9.25 Å². The van der Waals surface area contributed by atoms with Gasteiger partial charge in [0.25, 0.3) is 0 Å². The number of hydrogen-bond acceptors (Lipinski definition) is 6. The van der Waals surface area contributed by atoms with E-state index in [1.54, 1.807) is 24.3 Å². The summed E-state index contributed by atoms with van der Waals surface area (Å²) in [5.74, 6) is -0.706. The first kappa shape index (κ1) is 21.6. The number of carbonyl (C=O) groups excluding carboxylic acids is 1. The van der Waals surface area contributed by atoms with Crippen LogP contribution in [0.15, 0.2) is 71.5 Å². The lowest BCUT2D eigenvalue weighted by molar-refractivity contribution is -0.141. The average molecular weight is 470 g/mol. The summed E-state index contributed by atoms with van der Waals surface area (Å²) in [4.78, 5) is 23.9. The Hall–Kier alpha value is -4.25. The normalized spacial score (nSPS) is 15.8. The molecule has 0 radical (unpaired) electrons. The summed E-state index contributed by atoms with van der Waals surface area (Å²) in [5.41, 5.74) is 3.33. The third kappa shape index (κ3) is 4.20. The van der Waals surface area contributed by atoms with Crippen molar-refractivity contribution in [3.63, 3.8) is 0 Å². The van der Waals surface area contributed by atoms with Gasteiger partial charge in [-0.2, -0.15) is 13.2 Å². The number of carbonyl (C=O) groups is 1. The molecule has 5 rings (SSSR count). The van der Waals surface area contributed by atoms with Gasteiger partial charge in [0.05, 0.1) is 18.2 Å². The zero-order chi connectivity index (χ0) is 23.9. The van der Waals surface area contributed by atoms with E-state index in [0.29, 0.717) is 22.3 Å². The van der Waals surface area contributed by atoms with E-state index in [-0.39, 0.29) is 17.1 Å². The largest absolute Gasteiger partial charge is 0.472 e. The molecule has 0 aliphatic carbocycles. The number of nitrogens with zero attached hydrogens (tertiary/aromatic N) is 2. The van der Waals surface area contributed by atoms with Crippen molar-refractivity contribution in [2.45, 2.75) is 12.3 Å². The smallest absolute Gasteiger partial charge is 0.433 e. The first-order valence-electron chi connectivity index (χ1n) is 9.90. The summed E-state index contributed by atoms with van der Waals surface area (Å²) in [5, 5.41) is 2.42. The predicted octanol–water partition coefficient (Wildman–Crippen LogP) is 5.47. The van der Waals surface area contributed by atoms with Crippen LogP contribution in [0.2, 0.25) is 0 Å². The minimum atomic E-state index is -4.68. The molecule has 2 aromatic carbocycles. The van der Waals surface area contributed by atoms with Crippen LogP contribution in [0.5, 0.6) is 0 Å². The van der Waals surface area contributed by atoms with Gasteiger partial charge in [-0.15, -0.1) is 5.48 Å². The summed E-state index contributed by atoms with van der Waals surface area (Å²) in [6, 6.07) is 13.1. The van der Waals surface area contributed by atoms with Crippen LogP contribution in [0.1, 0.15) is 17.4 Å². The highest BCUT2D eigenvalue weighted by Gasteiger charge is 2.34. The summed E-state index contributed by atoms with van der Waals surface area (Å²) >= 11 is 0. The van der Waals surface area contributed by atoms with E-state index in [0.717, 1.165) is 6.07 Å². The zero-order valence-electron chi connectivity index (χ0n) is 17.1. The third-order valence-corrected chi connectivity index (χ3v) is 5.13. The van der Waals surface area contributed by atoms with Crippen molar-refractivity contribution >= 4 is 6.09 Å². The molecule has 1 unspecified atom stereocenters. The number of alkyl halides is 3. The fourth-order valence-corrected chi connectivity index (χ4v) is 3.49. The van der Waals surface area contributed by atoms with E-state index >= 15 is 0 Å². The number of nitrogens with one attached hydrogen (secondary N) is 2. The molecule has 172 valence electrons. The monoisotopic (exact) mass is 470 g/mol. The van der Waals surface area contributed by atoms with Crippen molar-refractivity contribution < 1.29 is 31.6 Å². The summed E-state index contributed by atoms with van der Waals surface area (Å²) < 4.78 is 59.9. The van der Waals surface area contributed by atoms with Crippen LogP contribution in [0, 0.1) is 5.82 Å². The van der Waals surface area contributed by atoms with E-state index in [9.17, 15) is 22.4 Å². The molecule has 11 heteroatoms. The molecule has 2 aromatic heterocycles. The second-order valence-electron chi connectivity index (χ2n) is 7.37. The molecule has 1 fully saturated rings. The van der Waals surface area contributed by atoms with Crippen molar-refractivity contribution in [3.8, 4) is 33.8 Å². The van der Waals surface area contributed by atoms with Crippen LogP contribution in [0.25, 0.3) is 33.8 Å². The molecule has 1 atom stereocenters. The fourth-order valence-electron chi connectivity index (χ4n) is 3.49. The van der Waals surface area contributed by atoms with Gasteiger partial charge >= 0.3 is 12.3 Å². The molecule has 0 spiro atoms. The van der Waals surface area contributed by atoms with Gasteiger partial charge in [-0.05, 0) is 41.5 Å². The van der Waals surface area contributed by atoms with Crippen molar-refractivity contribution in [2.24, 2.45) is 0 Å². The summed E-state index contributed by atoms with van der Waals surface area (Å²) in [7, 11) is 0. The number of aromatic nitrogens is 2. The zero-order valence-corrected chi connectivity index (χ0v) is 17.1. The lowest BCUT2D eigenvalue weighted by Crippen LogP contribution is -2.23. The van der Waals surface area contributed by atoms with Crippen LogP contribution < -0.4 is 10.8 Å². The quantitative estimate of drug-likeness (QED) is 0.385. The Labute approximate surface area is 189 Å². The highest BCUT2D eigenvalue weighted by atomic mass is 19.4. The molecule has 0 bridgehead atoms. The number of amides is 1. The Morgan fingerprint density at radius 3 is 2.41 bits per heavy atom. The van der Waals surface area contributed by atoms with Gasteiger partial charge in [0, 0.05) is 16.7 Å². The molecule has 0 saturated carbocycles. The highest BCUT2D eigenvalue weighted by Crippen LogP contribution is 2.34. The Kier molecular flexibility index (Phi) is 5.25. The van der Waals surface area contributed by atoms with Crippen LogP contribution in [0.4, 0.5) is 22.4 Å². The first-order valence-corrected chi connectivity index (χ1v) is 9.90. The Morgan fingerprint density at radius 2 is 1.71 bits per heavy atom. The number of hydrogen-bond donors (Lipinski definition) is 2. The molecule has 1 amide bonds. The van der Waals surface area contributed by atoms with Crippen molar-refractivity contribution in [1.29, 1.82) is 0 Å². The molecule has 4 aromatic rings. The second-order valence-corrected chi connectivity index (χ2v) is 7.37. The van der Waals surface area contributed by atoms with E-state index in [2.05, 4.69) is 25.6 Å². The van der Waals surface area contributed by atoms with Gasteiger partial charge in [0.1, 0.15) is 17.7 Å². The van der Waals surface area contributed by atoms with Gasteiger partial charge in [-0.1, -0.05) is 24.3 Å². The van der Waals surface area contributed by atoms with E-state index in [4.69, 9.17) is 4.42 Å². The van der Waals surface area contributed by atoms with Gasteiger partial charge in [0.15, 0.2) is 5.82 Å². The maximum atomic E-state index is 14.4. The standard InChI is InChI=1S/C23H14F4N4O3/c24-17-5-4-13(9-16(17)21-30-22(32)34-31-21)12-2-1-3-14(8-12)20-28-18(15-6-7-33-11-15)10-19(29-20)23(25,26)27/h1-11,21,31H,(H,30,32). The van der Waals surface area contributed by atoms with E-state index in [1.165, 1.54) is 36.8 Å². The molecule has 7 nitrogen and oxygen atoms in total. The number of halogens is 4. The Morgan fingerprint density at radius 1 is 0.912 bits per heavy atom. The minimum Gasteiger partial charge on any atom is -0.472 e. The average Bonchev–Trinajstić information content (AvgIpc) is 3.51. The molecule has 1 aliphatic rings. The van der Waals surface area contributed by atoms with Crippen LogP contribution >= 0.6 is 0 Å². The molecular weight excluding hydrogens is 456 g/mol. The third-order valence-electron chi connectivity index (χ3n) is 5.13. The molecule has 2 N–H and O–H groups in total. The number of benzene rings is 2. The second kappa shape index (κ2) is 8.27.